The van der Waals surface area contributed by atoms with Crippen LogP contribution >= 0.6 is 11.3 Å². The summed E-state index contributed by atoms with van der Waals surface area (Å²) < 4.78 is 0. The molecule has 1 aromatic carbocycles. The summed E-state index contributed by atoms with van der Waals surface area (Å²) in [6.45, 7) is 5.93. The summed E-state index contributed by atoms with van der Waals surface area (Å²) in [5.74, 6) is -0.106. The lowest BCUT2D eigenvalue weighted by molar-refractivity contribution is 0.0845. The van der Waals surface area contributed by atoms with E-state index in [1.54, 1.807) is 12.1 Å². The van der Waals surface area contributed by atoms with E-state index in [0.29, 0.717) is 22.3 Å². The van der Waals surface area contributed by atoms with Crippen molar-refractivity contribution in [3.63, 3.8) is 0 Å². The minimum Gasteiger partial charge on any atom is -0.350 e. The molecule has 1 aromatic heterocycles. The van der Waals surface area contributed by atoms with Gasteiger partial charge in [-0.15, -0.1) is 11.3 Å². The van der Waals surface area contributed by atoms with Crippen molar-refractivity contribution in [3.8, 4) is 0 Å². The van der Waals surface area contributed by atoms with Crippen molar-refractivity contribution in [1.29, 1.82) is 0 Å². The topological polar surface area (TPSA) is 52.7 Å². The molecule has 0 aliphatic carbocycles. The summed E-state index contributed by atoms with van der Waals surface area (Å²) in [5, 5.41) is 2.99. The molecule has 1 atom stereocenters. The smallest absolute Gasteiger partial charge is 0.261 e. The summed E-state index contributed by atoms with van der Waals surface area (Å²) in [4.78, 5) is 29.7. The molecule has 5 nitrogen and oxygen atoms in total. The largest absolute Gasteiger partial charge is 0.350 e. The van der Waals surface area contributed by atoms with E-state index in [4.69, 9.17) is 0 Å². The lowest BCUT2D eigenvalue weighted by Crippen LogP contribution is -2.48. The van der Waals surface area contributed by atoms with Gasteiger partial charge in [-0.05, 0) is 31.7 Å². The van der Waals surface area contributed by atoms with Crippen molar-refractivity contribution in [2.24, 2.45) is 0 Å². The lowest BCUT2D eigenvalue weighted by Gasteiger charge is -2.40. The van der Waals surface area contributed by atoms with E-state index < -0.39 is 0 Å². The van der Waals surface area contributed by atoms with E-state index in [1.165, 1.54) is 23.8 Å². The molecule has 1 fully saturated rings. The Morgan fingerprint density at radius 2 is 1.85 bits per heavy atom. The molecule has 3 rings (SSSR count). The third-order valence-corrected chi connectivity index (χ3v) is 5.92. The fourth-order valence-electron chi connectivity index (χ4n) is 3.27. The first-order valence-electron chi connectivity index (χ1n) is 8.91. The molecule has 1 amide bonds. The Kier molecular flexibility index (Phi) is 6.19. The van der Waals surface area contributed by atoms with Gasteiger partial charge in [0.05, 0.1) is 9.75 Å². The Bertz CT molecular complexity index is 759. The number of amides is 1. The molecule has 0 saturated carbocycles. The number of carbonyl (C=O) groups is 2. The number of carbonyl (C=O) groups excluding carboxylic acids is 2. The van der Waals surface area contributed by atoms with Crippen molar-refractivity contribution in [3.05, 3.63) is 57.8 Å². The average Bonchev–Trinajstić information content (AvgIpc) is 3.14. The van der Waals surface area contributed by atoms with Gasteiger partial charge in [-0.3, -0.25) is 14.5 Å². The minimum atomic E-state index is -0.104. The Morgan fingerprint density at radius 3 is 2.54 bits per heavy atom. The summed E-state index contributed by atoms with van der Waals surface area (Å²) in [5.41, 5.74) is 1.31. The number of hydrogen-bond donors (Lipinski definition) is 1. The van der Waals surface area contributed by atoms with Crippen LogP contribution in [0.3, 0.4) is 0 Å². The van der Waals surface area contributed by atoms with E-state index in [2.05, 4.69) is 46.4 Å². The molecule has 2 aromatic rings. The number of hydrogen-bond acceptors (Lipinski definition) is 5. The number of likely N-dealkylation sites (N-methyl/N-ethyl adjacent to an activating group) is 1. The molecular weight excluding hydrogens is 346 g/mol. The zero-order valence-electron chi connectivity index (χ0n) is 15.3. The summed E-state index contributed by atoms with van der Waals surface area (Å²) in [6.07, 6.45) is 0. The second-order valence-corrected chi connectivity index (χ2v) is 7.78. The molecule has 1 aliphatic heterocycles. The molecule has 6 heteroatoms. The maximum Gasteiger partial charge on any atom is 0.261 e. The van der Waals surface area contributed by atoms with Crippen LogP contribution < -0.4 is 5.32 Å². The third-order valence-electron chi connectivity index (χ3n) is 4.74. The second kappa shape index (κ2) is 8.58. The number of nitrogens with zero attached hydrogens (tertiary/aromatic N) is 2. The van der Waals surface area contributed by atoms with Crippen LogP contribution in [0.1, 0.15) is 37.9 Å². The highest BCUT2D eigenvalue weighted by Gasteiger charge is 2.26. The zero-order valence-corrected chi connectivity index (χ0v) is 16.1. The monoisotopic (exact) mass is 371 g/mol. The van der Waals surface area contributed by atoms with Crippen LogP contribution in [0.4, 0.5) is 0 Å². The van der Waals surface area contributed by atoms with Crippen LogP contribution in [-0.4, -0.2) is 61.3 Å². The predicted molar refractivity (Wildman–Crippen MR) is 105 cm³/mol. The van der Waals surface area contributed by atoms with Crippen LogP contribution in [0.5, 0.6) is 0 Å². The molecular formula is C20H25N3O2S. The number of ketones is 1. The van der Waals surface area contributed by atoms with Gasteiger partial charge in [0.15, 0.2) is 5.78 Å². The highest BCUT2D eigenvalue weighted by molar-refractivity contribution is 7.15. The highest BCUT2D eigenvalue weighted by atomic mass is 32.1. The zero-order chi connectivity index (χ0) is 18.5. The first-order valence-corrected chi connectivity index (χ1v) is 9.73. The molecule has 26 heavy (non-hydrogen) atoms. The Morgan fingerprint density at radius 1 is 1.12 bits per heavy atom. The number of nitrogens with one attached hydrogen (secondary N) is 1. The predicted octanol–water partition coefficient (Wildman–Crippen LogP) is 2.67. The molecule has 2 heterocycles. The van der Waals surface area contributed by atoms with Crippen molar-refractivity contribution in [2.75, 3.05) is 39.8 Å². The van der Waals surface area contributed by atoms with Crippen molar-refractivity contribution < 1.29 is 9.59 Å². The third kappa shape index (κ3) is 4.58. The number of thiophene rings is 1. The van der Waals surface area contributed by atoms with Gasteiger partial charge >= 0.3 is 0 Å². The van der Waals surface area contributed by atoms with E-state index in [0.717, 1.165) is 26.2 Å². The molecule has 0 bridgehead atoms. The Balaban J connectivity index is 1.57. The Labute approximate surface area is 158 Å². The van der Waals surface area contributed by atoms with E-state index >= 15 is 0 Å². The minimum absolute atomic E-state index is 0.00260. The van der Waals surface area contributed by atoms with Gasteiger partial charge in [0.25, 0.3) is 5.91 Å². The van der Waals surface area contributed by atoms with Crippen molar-refractivity contribution in [2.45, 2.75) is 13.0 Å². The molecule has 0 spiro atoms. The van der Waals surface area contributed by atoms with Crippen LogP contribution in [0.2, 0.25) is 0 Å². The lowest BCUT2D eigenvalue weighted by atomic mass is 10.0. The molecule has 0 radical (unpaired) electrons. The van der Waals surface area contributed by atoms with Gasteiger partial charge < -0.3 is 10.2 Å². The SMILES string of the molecule is CC(=O)c1ccc(C(=O)NCCN2CCN(C)CC2c2ccccc2)s1. The van der Waals surface area contributed by atoms with E-state index in [1.807, 2.05) is 6.07 Å². The molecule has 1 saturated heterocycles. The maximum absolute atomic E-state index is 12.3. The second-order valence-electron chi connectivity index (χ2n) is 6.70. The highest BCUT2D eigenvalue weighted by Crippen LogP contribution is 2.24. The maximum atomic E-state index is 12.3. The normalized spacial score (nSPS) is 18.6. The van der Waals surface area contributed by atoms with Gasteiger partial charge in [0, 0.05) is 38.8 Å². The summed E-state index contributed by atoms with van der Waals surface area (Å²) >= 11 is 1.25. The number of Topliss-reactive ketones (excluding diaryl/α,β-unsaturated/α-hetero) is 1. The van der Waals surface area contributed by atoms with Gasteiger partial charge in [-0.2, -0.15) is 0 Å². The first-order chi connectivity index (χ1) is 12.5. The molecule has 1 aliphatic rings. The molecule has 1 N–H and O–H groups in total. The van der Waals surface area contributed by atoms with Crippen LogP contribution in [0.15, 0.2) is 42.5 Å². The van der Waals surface area contributed by atoms with Gasteiger partial charge in [0.1, 0.15) is 0 Å². The van der Waals surface area contributed by atoms with Crippen molar-refractivity contribution >= 4 is 23.0 Å². The molecule has 138 valence electrons. The van der Waals surface area contributed by atoms with Gasteiger partial charge in [-0.25, -0.2) is 0 Å². The summed E-state index contributed by atoms with van der Waals surface area (Å²) in [6, 6.07) is 14.3. The van der Waals surface area contributed by atoms with Crippen LogP contribution in [-0.2, 0) is 0 Å². The average molecular weight is 372 g/mol. The number of rotatable bonds is 6. The van der Waals surface area contributed by atoms with Gasteiger partial charge in [-0.1, -0.05) is 30.3 Å². The fourth-order valence-corrected chi connectivity index (χ4v) is 4.08. The number of benzene rings is 1. The summed E-state index contributed by atoms with van der Waals surface area (Å²) in [7, 11) is 2.15. The Hall–Kier alpha value is -2.02. The first kappa shape index (κ1) is 18.8. The molecule has 1 unspecified atom stereocenters. The van der Waals surface area contributed by atoms with Crippen LogP contribution in [0.25, 0.3) is 0 Å². The fraction of sp³-hybridized carbons (Fsp3) is 0.400. The van der Waals surface area contributed by atoms with E-state index in [-0.39, 0.29) is 11.7 Å². The van der Waals surface area contributed by atoms with E-state index in [9.17, 15) is 9.59 Å². The quantitative estimate of drug-likeness (QED) is 0.793. The number of piperazine rings is 1. The van der Waals surface area contributed by atoms with Crippen molar-refractivity contribution in [1.82, 2.24) is 15.1 Å². The standard InChI is InChI=1S/C20H25N3O2S/c1-15(24)18-8-9-19(26-18)20(25)21-10-11-23-13-12-22(2)14-17(23)16-6-4-3-5-7-16/h3-9,17H,10-14H2,1-2H3,(H,21,25). The van der Waals surface area contributed by atoms with Gasteiger partial charge in [0.2, 0.25) is 0 Å². The van der Waals surface area contributed by atoms with Crippen LogP contribution in [0, 0.1) is 0 Å².